The lowest BCUT2D eigenvalue weighted by Crippen LogP contribution is -2.44. The monoisotopic (exact) mass is 604 g/mol. The largest absolute Gasteiger partial charge is 0.464 e. The van der Waals surface area contributed by atoms with Crippen LogP contribution < -0.4 is 9.80 Å². The maximum atomic E-state index is 13.3. The van der Waals surface area contributed by atoms with Crippen molar-refractivity contribution in [2.45, 2.75) is 44.6 Å². The van der Waals surface area contributed by atoms with Crippen molar-refractivity contribution in [1.82, 2.24) is 9.97 Å². The summed E-state index contributed by atoms with van der Waals surface area (Å²) in [5.41, 5.74) is 1.76. The predicted molar refractivity (Wildman–Crippen MR) is 155 cm³/mol. The minimum atomic E-state index is -3.77. The van der Waals surface area contributed by atoms with Crippen LogP contribution in [0, 0.1) is 0 Å². The molecule has 10 nitrogen and oxygen atoms in total. The van der Waals surface area contributed by atoms with Crippen molar-refractivity contribution in [1.29, 1.82) is 0 Å². The second kappa shape index (κ2) is 14.0. The van der Waals surface area contributed by atoms with Crippen molar-refractivity contribution in [2.24, 2.45) is 0 Å². The van der Waals surface area contributed by atoms with Gasteiger partial charge in [-0.05, 0) is 56.2 Å². The van der Waals surface area contributed by atoms with E-state index in [0.29, 0.717) is 48.2 Å². The Kier molecular flexibility index (Phi) is 10.4. The molecule has 1 fully saturated rings. The number of morpholine rings is 1. The van der Waals surface area contributed by atoms with Crippen LogP contribution in [0.5, 0.6) is 0 Å². The Morgan fingerprint density at radius 1 is 1.14 bits per heavy atom. The van der Waals surface area contributed by atoms with Crippen molar-refractivity contribution < 1.29 is 36.6 Å². The number of alkyl halides is 2. The topological polar surface area (TPSA) is 122 Å². The fraction of sp³-hybridized carbons (Fsp3) is 0.414. The van der Waals surface area contributed by atoms with Crippen LogP contribution in [0.1, 0.15) is 37.6 Å². The molecule has 2 heterocycles. The van der Waals surface area contributed by atoms with Crippen LogP contribution >= 0.6 is 0 Å². The molecule has 0 bridgehead atoms. The molecular formula is C29H34F2N4O6S. The van der Waals surface area contributed by atoms with E-state index in [-0.39, 0.29) is 37.1 Å². The minimum Gasteiger partial charge on any atom is -0.464 e. The Morgan fingerprint density at radius 2 is 1.83 bits per heavy atom. The summed E-state index contributed by atoms with van der Waals surface area (Å²) in [6, 6.07) is 17.0. The SMILES string of the molecule is CCC(c1cc(N2CCOC[C@@H]2C)nc(-c2ccc(N(C(=O)O)c3ccccc3)cc2)n1)S(=O)(=O)CCCOC(F)F. The third-order valence-corrected chi connectivity index (χ3v) is 9.23. The molecule has 0 radical (unpaired) electrons. The molecule has 3 aromatic rings. The van der Waals surface area contributed by atoms with Gasteiger partial charge in [0.05, 0.1) is 48.7 Å². The second-order valence-electron chi connectivity index (χ2n) is 9.84. The van der Waals surface area contributed by atoms with Gasteiger partial charge in [0.15, 0.2) is 15.7 Å². The molecule has 1 unspecified atom stereocenters. The Labute approximate surface area is 243 Å². The molecule has 1 aromatic heterocycles. The van der Waals surface area contributed by atoms with Crippen LogP contribution in [0.2, 0.25) is 0 Å². The van der Waals surface area contributed by atoms with Gasteiger partial charge >= 0.3 is 12.7 Å². The van der Waals surface area contributed by atoms with Crippen molar-refractivity contribution in [3.8, 4) is 11.4 Å². The quantitative estimate of drug-likeness (QED) is 0.260. The molecule has 4 rings (SSSR count). The average molecular weight is 605 g/mol. The van der Waals surface area contributed by atoms with E-state index >= 15 is 0 Å². The van der Waals surface area contributed by atoms with E-state index in [1.54, 1.807) is 67.6 Å². The fourth-order valence-electron chi connectivity index (χ4n) is 4.89. The summed E-state index contributed by atoms with van der Waals surface area (Å²) in [4.78, 5) is 24.7. The molecule has 1 amide bonds. The molecule has 226 valence electrons. The first kappa shape index (κ1) is 31.3. The number of para-hydroxylation sites is 1. The number of carbonyl (C=O) groups is 1. The van der Waals surface area contributed by atoms with Gasteiger partial charge in [-0.1, -0.05) is 25.1 Å². The molecule has 0 spiro atoms. The first-order valence-corrected chi connectivity index (χ1v) is 15.4. The van der Waals surface area contributed by atoms with Crippen molar-refractivity contribution in [3.05, 3.63) is 66.4 Å². The van der Waals surface area contributed by atoms with E-state index in [0.717, 1.165) is 4.90 Å². The lowest BCUT2D eigenvalue weighted by atomic mass is 10.1. The number of benzene rings is 2. The highest BCUT2D eigenvalue weighted by Crippen LogP contribution is 2.33. The summed E-state index contributed by atoms with van der Waals surface area (Å²) in [5.74, 6) is 0.491. The molecule has 1 saturated heterocycles. The lowest BCUT2D eigenvalue weighted by molar-refractivity contribution is -0.128. The van der Waals surface area contributed by atoms with Gasteiger partial charge < -0.3 is 19.5 Å². The summed E-state index contributed by atoms with van der Waals surface area (Å²) >= 11 is 0. The fourth-order valence-corrected chi connectivity index (χ4v) is 6.69. The smallest absolute Gasteiger partial charge is 0.416 e. The Morgan fingerprint density at radius 3 is 2.45 bits per heavy atom. The van der Waals surface area contributed by atoms with Gasteiger partial charge in [0.1, 0.15) is 11.1 Å². The maximum Gasteiger partial charge on any atom is 0.416 e. The van der Waals surface area contributed by atoms with Gasteiger partial charge in [0, 0.05) is 18.2 Å². The van der Waals surface area contributed by atoms with Gasteiger partial charge in [0.25, 0.3) is 0 Å². The highest BCUT2D eigenvalue weighted by molar-refractivity contribution is 7.91. The molecule has 0 saturated carbocycles. The molecule has 2 aromatic carbocycles. The number of hydrogen-bond acceptors (Lipinski definition) is 8. The lowest BCUT2D eigenvalue weighted by Gasteiger charge is -2.34. The van der Waals surface area contributed by atoms with Crippen LogP contribution in [0.3, 0.4) is 0 Å². The van der Waals surface area contributed by atoms with Crippen LogP contribution in [0.15, 0.2) is 60.7 Å². The van der Waals surface area contributed by atoms with E-state index in [1.807, 2.05) is 11.8 Å². The first-order valence-electron chi connectivity index (χ1n) is 13.6. The van der Waals surface area contributed by atoms with E-state index in [1.165, 1.54) is 0 Å². The standard InChI is InChI=1S/C29H34F2N4O6S/c1-3-25(42(38,39)17-7-15-41-28(30)31)24-18-26(34-14-16-40-19-20(34)2)33-27(32-24)21-10-12-23(13-11-21)35(29(36)37)22-8-5-4-6-9-22/h4-6,8-13,18,20,25,28H,3,7,14-17,19H2,1-2H3,(H,36,37)/t20-,25?/m0/s1. The highest BCUT2D eigenvalue weighted by Gasteiger charge is 2.30. The van der Waals surface area contributed by atoms with E-state index in [2.05, 4.69) is 9.72 Å². The summed E-state index contributed by atoms with van der Waals surface area (Å²) in [5, 5.41) is 8.88. The summed E-state index contributed by atoms with van der Waals surface area (Å²) in [6.45, 7) is 1.90. The number of nitrogens with zero attached hydrogens (tertiary/aromatic N) is 4. The molecule has 0 aliphatic carbocycles. The number of carboxylic acid groups (broad SMARTS) is 1. The Balaban J connectivity index is 1.71. The van der Waals surface area contributed by atoms with Crippen LogP contribution in [0.25, 0.3) is 11.4 Å². The summed E-state index contributed by atoms with van der Waals surface area (Å²) in [7, 11) is -3.77. The third kappa shape index (κ3) is 7.58. The molecule has 1 N–H and O–H groups in total. The van der Waals surface area contributed by atoms with Gasteiger partial charge in [-0.3, -0.25) is 0 Å². The molecular weight excluding hydrogens is 570 g/mol. The average Bonchev–Trinajstić information content (AvgIpc) is 2.96. The zero-order valence-corrected chi connectivity index (χ0v) is 24.2. The second-order valence-corrected chi connectivity index (χ2v) is 12.1. The molecule has 1 aliphatic heterocycles. The number of sulfone groups is 1. The van der Waals surface area contributed by atoms with Crippen molar-refractivity contribution >= 4 is 33.1 Å². The van der Waals surface area contributed by atoms with Crippen LogP contribution in [-0.2, 0) is 19.3 Å². The number of halogens is 2. The Hall–Kier alpha value is -3.68. The zero-order valence-electron chi connectivity index (χ0n) is 23.4. The highest BCUT2D eigenvalue weighted by atomic mass is 32.2. The number of ether oxygens (including phenoxy) is 2. The number of amides is 1. The van der Waals surface area contributed by atoms with Gasteiger partial charge in [-0.2, -0.15) is 8.78 Å². The van der Waals surface area contributed by atoms with E-state index in [4.69, 9.17) is 9.72 Å². The molecule has 2 atom stereocenters. The van der Waals surface area contributed by atoms with E-state index < -0.39 is 27.8 Å². The van der Waals surface area contributed by atoms with Gasteiger partial charge in [-0.15, -0.1) is 0 Å². The number of hydrogen-bond donors (Lipinski definition) is 1. The predicted octanol–water partition coefficient (Wildman–Crippen LogP) is 5.68. The van der Waals surface area contributed by atoms with Crippen molar-refractivity contribution in [3.63, 3.8) is 0 Å². The van der Waals surface area contributed by atoms with Crippen molar-refractivity contribution in [2.75, 3.05) is 41.9 Å². The summed E-state index contributed by atoms with van der Waals surface area (Å²) in [6.07, 6.45) is -1.00. The minimum absolute atomic E-state index is 0.0186. The van der Waals surface area contributed by atoms with Gasteiger partial charge in [-0.25, -0.2) is 28.1 Å². The molecule has 42 heavy (non-hydrogen) atoms. The van der Waals surface area contributed by atoms with Gasteiger partial charge in [0.2, 0.25) is 0 Å². The number of rotatable bonds is 12. The Bertz CT molecular complexity index is 1440. The number of aromatic nitrogens is 2. The maximum absolute atomic E-state index is 13.3. The first-order chi connectivity index (χ1) is 20.1. The number of anilines is 3. The molecule has 1 aliphatic rings. The van der Waals surface area contributed by atoms with Crippen LogP contribution in [0.4, 0.5) is 30.8 Å². The normalized spacial score (nSPS) is 16.4. The summed E-state index contributed by atoms with van der Waals surface area (Å²) < 4.78 is 61.2. The third-order valence-electron chi connectivity index (χ3n) is 6.93. The molecule has 13 heteroatoms. The van der Waals surface area contributed by atoms with Crippen LogP contribution in [-0.4, -0.2) is 74.4 Å². The zero-order chi connectivity index (χ0) is 30.3. The van der Waals surface area contributed by atoms with E-state index in [9.17, 15) is 27.1 Å².